The third kappa shape index (κ3) is 1.52. The first-order valence-corrected chi connectivity index (χ1v) is 5.30. The Balaban J connectivity index is 1.68. The highest BCUT2D eigenvalue weighted by Gasteiger charge is 2.48. The Morgan fingerprint density at radius 1 is 1.53 bits per heavy atom. The molecule has 3 rings (SSSR count). The zero-order valence-electron chi connectivity index (χ0n) is 8.22. The molecule has 1 aromatic heterocycles. The van der Waals surface area contributed by atoms with Crippen molar-refractivity contribution in [3.05, 3.63) is 11.7 Å². The van der Waals surface area contributed by atoms with Gasteiger partial charge in [-0.25, -0.2) is 4.79 Å². The normalized spacial score (nSPS) is 32.7. The molecule has 5 heteroatoms. The maximum atomic E-state index is 10.5. The first kappa shape index (κ1) is 8.88. The number of carboxylic acid groups (broad SMARTS) is 1. The maximum absolute atomic E-state index is 10.5. The molecule has 0 amide bonds. The van der Waals surface area contributed by atoms with Gasteiger partial charge in [0.25, 0.3) is 5.82 Å². The first-order valence-electron chi connectivity index (χ1n) is 5.30. The molecule has 15 heavy (non-hydrogen) atoms. The number of carboxylic acids is 1. The predicted molar refractivity (Wildman–Crippen MR) is 49.3 cm³/mol. The Bertz CT molecular complexity index is 401. The van der Waals surface area contributed by atoms with E-state index in [0.29, 0.717) is 11.8 Å². The van der Waals surface area contributed by atoms with Gasteiger partial charge in [-0.15, -0.1) is 0 Å². The molecule has 2 fully saturated rings. The van der Waals surface area contributed by atoms with Gasteiger partial charge in [-0.1, -0.05) is 0 Å². The van der Waals surface area contributed by atoms with Gasteiger partial charge in [-0.3, -0.25) is 0 Å². The van der Waals surface area contributed by atoms with Gasteiger partial charge in [0, 0.05) is 6.42 Å². The van der Waals surface area contributed by atoms with Gasteiger partial charge in [0.1, 0.15) is 0 Å². The minimum Gasteiger partial charge on any atom is -0.475 e. The molecule has 1 aromatic rings. The van der Waals surface area contributed by atoms with Gasteiger partial charge in [0.2, 0.25) is 5.89 Å². The smallest absolute Gasteiger partial charge is 0.377 e. The van der Waals surface area contributed by atoms with Gasteiger partial charge < -0.3 is 9.63 Å². The zero-order chi connectivity index (χ0) is 10.4. The fraction of sp³-hybridized carbons (Fsp3) is 0.700. The van der Waals surface area contributed by atoms with Crippen LogP contribution in [-0.4, -0.2) is 21.2 Å². The van der Waals surface area contributed by atoms with Crippen molar-refractivity contribution in [2.75, 3.05) is 0 Å². The van der Waals surface area contributed by atoms with E-state index in [9.17, 15) is 4.79 Å². The molecule has 80 valence electrons. The van der Waals surface area contributed by atoms with Crippen molar-refractivity contribution >= 4 is 5.97 Å². The largest absolute Gasteiger partial charge is 0.475 e. The molecule has 0 aliphatic heterocycles. The highest BCUT2D eigenvalue weighted by molar-refractivity contribution is 5.82. The molecular weight excluding hydrogens is 196 g/mol. The summed E-state index contributed by atoms with van der Waals surface area (Å²) in [6.07, 6.45) is 4.63. The van der Waals surface area contributed by atoms with Gasteiger partial charge in [-0.05, 0) is 42.2 Å². The van der Waals surface area contributed by atoms with Crippen molar-refractivity contribution in [3.63, 3.8) is 0 Å². The number of hydrogen-bond donors (Lipinski definition) is 1. The molecule has 2 saturated carbocycles. The quantitative estimate of drug-likeness (QED) is 0.811. The molecule has 0 spiro atoms. The number of carbonyl (C=O) groups is 1. The Morgan fingerprint density at radius 2 is 2.40 bits per heavy atom. The summed E-state index contributed by atoms with van der Waals surface area (Å²) in [5.41, 5.74) is 0. The van der Waals surface area contributed by atoms with Crippen molar-refractivity contribution in [2.24, 2.45) is 17.8 Å². The molecule has 1 heterocycles. The third-order valence-corrected chi connectivity index (χ3v) is 3.59. The molecule has 2 aliphatic rings. The second kappa shape index (κ2) is 3.05. The standard InChI is InChI=1S/C10H12N2O3/c13-10(14)9-11-8(15-12-9)4-6-2-1-5-3-7(5)6/h5-7H,1-4H2,(H,13,14). The number of rotatable bonds is 3. The second-order valence-corrected chi connectivity index (χ2v) is 4.52. The van der Waals surface area contributed by atoms with Gasteiger partial charge >= 0.3 is 5.97 Å². The van der Waals surface area contributed by atoms with Crippen LogP contribution in [0.25, 0.3) is 0 Å². The topological polar surface area (TPSA) is 76.2 Å². The van der Waals surface area contributed by atoms with Crippen LogP contribution in [0.1, 0.15) is 35.8 Å². The highest BCUT2D eigenvalue weighted by atomic mass is 16.5. The molecule has 0 saturated heterocycles. The van der Waals surface area contributed by atoms with Crippen LogP contribution in [0.5, 0.6) is 0 Å². The van der Waals surface area contributed by atoms with Crippen LogP contribution in [-0.2, 0) is 6.42 Å². The van der Waals surface area contributed by atoms with Crippen LogP contribution in [0, 0.1) is 17.8 Å². The molecule has 5 nitrogen and oxygen atoms in total. The van der Waals surface area contributed by atoms with Crippen molar-refractivity contribution in [2.45, 2.75) is 25.7 Å². The van der Waals surface area contributed by atoms with Crippen molar-refractivity contribution < 1.29 is 14.4 Å². The van der Waals surface area contributed by atoms with E-state index in [0.717, 1.165) is 18.3 Å². The lowest BCUT2D eigenvalue weighted by Crippen LogP contribution is -2.04. The summed E-state index contributed by atoms with van der Waals surface area (Å²) in [6, 6.07) is 0. The summed E-state index contributed by atoms with van der Waals surface area (Å²) in [7, 11) is 0. The monoisotopic (exact) mass is 208 g/mol. The van der Waals surface area contributed by atoms with Crippen molar-refractivity contribution in [3.8, 4) is 0 Å². The molecule has 2 aliphatic carbocycles. The van der Waals surface area contributed by atoms with Crippen LogP contribution in [0.15, 0.2) is 4.52 Å². The van der Waals surface area contributed by atoms with Crippen molar-refractivity contribution in [1.82, 2.24) is 10.1 Å². The minimum atomic E-state index is -1.12. The lowest BCUT2D eigenvalue weighted by molar-refractivity contribution is 0.0680. The molecular formula is C10H12N2O3. The second-order valence-electron chi connectivity index (χ2n) is 4.52. The molecule has 0 aromatic carbocycles. The van der Waals surface area contributed by atoms with Gasteiger partial charge in [0.15, 0.2) is 0 Å². The lowest BCUT2D eigenvalue weighted by Gasteiger charge is -2.06. The molecule has 0 bridgehead atoms. The van der Waals surface area contributed by atoms with Gasteiger partial charge in [-0.2, -0.15) is 4.98 Å². The Labute approximate surface area is 86.5 Å². The highest BCUT2D eigenvalue weighted by Crippen LogP contribution is 2.56. The fourth-order valence-corrected chi connectivity index (χ4v) is 2.72. The average Bonchev–Trinajstić information content (AvgIpc) is 2.67. The third-order valence-electron chi connectivity index (χ3n) is 3.59. The predicted octanol–water partition coefficient (Wildman–Crippen LogP) is 1.36. The number of hydrogen-bond acceptors (Lipinski definition) is 4. The van der Waals surface area contributed by atoms with Gasteiger partial charge in [0.05, 0.1) is 0 Å². The van der Waals surface area contributed by atoms with Crippen LogP contribution >= 0.6 is 0 Å². The van der Waals surface area contributed by atoms with E-state index in [1.165, 1.54) is 19.3 Å². The van der Waals surface area contributed by atoms with Crippen LogP contribution < -0.4 is 0 Å². The fourth-order valence-electron chi connectivity index (χ4n) is 2.72. The lowest BCUT2D eigenvalue weighted by atomic mass is 10.00. The molecule has 3 unspecified atom stereocenters. The minimum absolute atomic E-state index is 0.227. The number of fused-ring (bicyclic) bond motifs is 1. The van der Waals surface area contributed by atoms with E-state index in [1.807, 2.05) is 0 Å². The van der Waals surface area contributed by atoms with E-state index in [1.54, 1.807) is 0 Å². The summed E-state index contributed by atoms with van der Waals surface area (Å²) < 4.78 is 4.91. The van der Waals surface area contributed by atoms with Crippen LogP contribution in [0.2, 0.25) is 0 Å². The molecule has 1 N–H and O–H groups in total. The summed E-state index contributed by atoms with van der Waals surface area (Å²) in [4.78, 5) is 14.4. The zero-order valence-corrected chi connectivity index (χ0v) is 8.22. The Kier molecular flexibility index (Phi) is 1.81. The van der Waals surface area contributed by atoms with Crippen LogP contribution in [0.4, 0.5) is 0 Å². The summed E-state index contributed by atoms with van der Waals surface area (Å²) in [5.74, 6) is 1.53. The first-order chi connectivity index (χ1) is 7.24. The van der Waals surface area contributed by atoms with E-state index in [4.69, 9.17) is 9.63 Å². The number of aromatic carboxylic acids is 1. The van der Waals surface area contributed by atoms with E-state index in [2.05, 4.69) is 10.1 Å². The SMILES string of the molecule is O=C(O)c1noc(CC2CCC3CC23)n1. The van der Waals surface area contributed by atoms with E-state index in [-0.39, 0.29) is 5.82 Å². The van der Waals surface area contributed by atoms with Crippen molar-refractivity contribution in [1.29, 1.82) is 0 Å². The molecule has 0 radical (unpaired) electrons. The number of nitrogens with zero attached hydrogens (tertiary/aromatic N) is 2. The maximum Gasteiger partial charge on any atom is 0.377 e. The van der Waals surface area contributed by atoms with E-state index < -0.39 is 5.97 Å². The van der Waals surface area contributed by atoms with Crippen LogP contribution in [0.3, 0.4) is 0 Å². The summed E-state index contributed by atoms with van der Waals surface area (Å²) in [6.45, 7) is 0. The van der Waals surface area contributed by atoms with E-state index >= 15 is 0 Å². The Hall–Kier alpha value is -1.39. The molecule has 3 atom stereocenters. The summed E-state index contributed by atoms with van der Waals surface area (Å²) >= 11 is 0. The average molecular weight is 208 g/mol. The Morgan fingerprint density at radius 3 is 2.93 bits per heavy atom. The summed E-state index contributed by atoms with van der Waals surface area (Å²) in [5, 5.41) is 12.0. The number of aromatic nitrogens is 2.